The van der Waals surface area contributed by atoms with Crippen molar-refractivity contribution in [3.05, 3.63) is 11.1 Å². The number of aliphatic hydroxyl groups is 2. The van der Waals surface area contributed by atoms with Gasteiger partial charge in [-0.25, -0.2) is 4.79 Å². The molecule has 1 saturated carbocycles. The lowest BCUT2D eigenvalue weighted by Gasteiger charge is -2.34. The number of esters is 1. The molecule has 0 aromatic rings. The molecule has 1 heterocycles. The topological polar surface area (TPSA) is 66.8 Å². The lowest BCUT2D eigenvalue weighted by atomic mass is 9.78. The lowest BCUT2D eigenvalue weighted by Crippen LogP contribution is -2.39. The van der Waals surface area contributed by atoms with Gasteiger partial charge in [0.05, 0.1) is 11.7 Å². The van der Waals surface area contributed by atoms with Crippen molar-refractivity contribution < 1.29 is 19.7 Å². The smallest absolute Gasteiger partial charge is 0.334 e. The maximum Gasteiger partial charge on any atom is 0.334 e. The van der Waals surface area contributed by atoms with Crippen LogP contribution >= 0.6 is 0 Å². The van der Waals surface area contributed by atoms with Crippen LogP contribution in [0.2, 0.25) is 0 Å². The van der Waals surface area contributed by atoms with Gasteiger partial charge in [-0.3, -0.25) is 0 Å². The van der Waals surface area contributed by atoms with E-state index in [0.29, 0.717) is 17.6 Å². The summed E-state index contributed by atoms with van der Waals surface area (Å²) in [6.07, 6.45) is 1.41. The number of rotatable bonds is 0. The maximum atomic E-state index is 11.7. The van der Waals surface area contributed by atoms with Crippen molar-refractivity contribution in [1.82, 2.24) is 0 Å². The van der Waals surface area contributed by atoms with Gasteiger partial charge in [0, 0.05) is 17.6 Å². The number of ether oxygens (including phenoxy) is 1. The third-order valence-electron chi connectivity index (χ3n) is 5.17. The molecule has 0 aromatic heterocycles. The number of carbonyl (C=O) groups excluding carboxylic acids is 1. The van der Waals surface area contributed by atoms with Crippen LogP contribution in [-0.4, -0.2) is 34.5 Å². The molecule has 0 saturated heterocycles. The van der Waals surface area contributed by atoms with E-state index in [9.17, 15) is 15.0 Å². The number of hydrogen-bond donors (Lipinski definition) is 2. The van der Waals surface area contributed by atoms with Gasteiger partial charge < -0.3 is 14.9 Å². The van der Waals surface area contributed by atoms with Gasteiger partial charge in [-0.1, -0.05) is 13.8 Å². The number of aliphatic hydroxyl groups excluding tert-OH is 1. The van der Waals surface area contributed by atoms with Crippen LogP contribution in [0.4, 0.5) is 0 Å². The Labute approximate surface area is 113 Å². The third kappa shape index (κ3) is 1.93. The molecular formula is C15H22O4. The zero-order valence-corrected chi connectivity index (χ0v) is 11.8. The summed E-state index contributed by atoms with van der Waals surface area (Å²) in [6.45, 7) is 6.33. The molecule has 4 atom stereocenters. The fraction of sp³-hybridized carbons (Fsp3) is 0.800. The van der Waals surface area contributed by atoms with Crippen LogP contribution in [0.3, 0.4) is 0 Å². The van der Waals surface area contributed by atoms with Crippen LogP contribution in [0.15, 0.2) is 11.1 Å². The second kappa shape index (κ2) is 3.83. The highest BCUT2D eigenvalue weighted by Gasteiger charge is 2.54. The summed E-state index contributed by atoms with van der Waals surface area (Å²) in [5.41, 5.74) is 0.391. The minimum Gasteiger partial charge on any atom is -0.458 e. The monoisotopic (exact) mass is 266 g/mol. The summed E-state index contributed by atoms with van der Waals surface area (Å²) in [7, 11) is 0. The molecule has 0 bridgehead atoms. The van der Waals surface area contributed by atoms with Crippen LogP contribution in [0, 0.1) is 17.3 Å². The number of carbonyl (C=O) groups is 1. The molecule has 4 heteroatoms. The van der Waals surface area contributed by atoms with Gasteiger partial charge in [-0.15, -0.1) is 0 Å². The van der Waals surface area contributed by atoms with E-state index in [1.165, 1.54) is 0 Å². The van der Waals surface area contributed by atoms with Crippen molar-refractivity contribution in [2.75, 3.05) is 6.61 Å². The van der Waals surface area contributed by atoms with Crippen LogP contribution in [0.5, 0.6) is 0 Å². The molecule has 4 nitrogen and oxygen atoms in total. The minimum atomic E-state index is -0.945. The number of fused-ring (bicyclic) bond motifs is 1. The van der Waals surface area contributed by atoms with E-state index >= 15 is 0 Å². The largest absolute Gasteiger partial charge is 0.458 e. The molecule has 2 aliphatic carbocycles. The summed E-state index contributed by atoms with van der Waals surface area (Å²) in [5.74, 6) is -0.309. The zero-order valence-electron chi connectivity index (χ0n) is 11.8. The van der Waals surface area contributed by atoms with E-state index in [-0.39, 0.29) is 29.8 Å². The molecular weight excluding hydrogens is 244 g/mol. The molecule has 106 valence electrons. The summed E-state index contributed by atoms with van der Waals surface area (Å²) >= 11 is 0. The second-order valence-electron chi connectivity index (χ2n) is 7.40. The Bertz CT molecular complexity index is 461. The predicted octanol–water partition coefficient (Wildman–Crippen LogP) is 1.41. The maximum absolute atomic E-state index is 11.7. The Balaban J connectivity index is 2.04. The second-order valence-corrected chi connectivity index (χ2v) is 7.40. The lowest BCUT2D eigenvalue weighted by molar-refractivity contribution is -0.137. The molecule has 3 rings (SSSR count). The van der Waals surface area contributed by atoms with Gasteiger partial charge in [0.1, 0.15) is 6.61 Å². The first-order chi connectivity index (χ1) is 8.71. The van der Waals surface area contributed by atoms with E-state index in [4.69, 9.17) is 4.74 Å². The Morgan fingerprint density at radius 1 is 1.26 bits per heavy atom. The van der Waals surface area contributed by atoms with Gasteiger partial charge in [-0.2, -0.15) is 0 Å². The Morgan fingerprint density at radius 2 is 1.95 bits per heavy atom. The average molecular weight is 266 g/mol. The molecule has 1 aliphatic heterocycles. The number of cyclic esters (lactones) is 1. The first-order valence-corrected chi connectivity index (χ1v) is 7.01. The Hall–Kier alpha value is -0.870. The highest BCUT2D eigenvalue weighted by molar-refractivity contribution is 5.92. The highest BCUT2D eigenvalue weighted by Crippen LogP contribution is 2.55. The third-order valence-corrected chi connectivity index (χ3v) is 5.17. The van der Waals surface area contributed by atoms with Crippen molar-refractivity contribution in [3.8, 4) is 0 Å². The van der Waals surface area contributed by atoms with Gasteiger partial charge in [0.15, 0.2) is 0 Å². The fourth-order valence-electron chi connectivity index (χ4n) is 4.27. The predicted molar refractivity (Wildman–Crippen MR) is 69.2 cm³/mol. The highest BCUT2D eigenvalue weighted by atomic mass is 16.5. The quantitative estimate of drug-likeness (QED) is 0.651. The molecule has 0 unspecified atom stereocenters. The van der Waals surface area contributed by atoms with Crippen LogP contribution in [0.1, 0.15) is 40.0 Å². The summed E-state index contributed by atoms with van der Waals surface area (Å²) < 4.78 is 5.04. The standard InChI is InChI=1S/C15H22O4/c1-14(2)4-9-11(6-14)15(3,18)5-8-10(12(9)16)7-19-13(8)17/h9,11-12,16,18H,4-7H2,1-3H3/t9-,11+,12-,15+/m0/s1. The minimum absolute atomic E-state index is 0.0204. The van der Waals surface area contributed by atoms with Gasteiger partial charge >= 0.3 is 5.97 Å². The first kappa shape index (κ1) is 13.1. The SMILES string of the molecule is CC1(C)C[C@@H]2[C@H](O)C3=C(C[C@@](C)(O)[C@@H]2C1)C(=O)OC3. The van der Waals surface area contributed by atoms with E-state index in [0.717, 1.165) is 12.8 Å². The molecule has 3 aliphatic rings. The van der Waals surface area contributed by atoms with Gasteiger partial charge in [0.2, 0.25) is 0 Å². The summed E-state index contributed by atoms with van der Waals surface area (Å²) in [4.78, 5) is 11.7. The number of hydrogen-bond acceptors (Lipinski definition) is 4. The average Bonchev–Trinajstić information content (AvgIpc) is 2.78. The molecule has 2 N–H and O–H groups in total. The van der Waals surface area contributed by atoms with Crippen molar-refractivity contribution in [2.24, 2.45) is 17.3 Å². The summed E-state index contributed by atoms with van der Waals surface area (Å²) in [5, 5.41) is 21.4. The fourth-order valence-corrected chi connectivity index (χ4v) is 4.27. The van der Waals surface area contributed by atoms with E-state index in [1.807, 2.05) is 0 Å². The first-order valence-electron chi connectivity index (χ1n) is 7.01. The molecule has 1 fully saturated rings. The van der Waals surface area contributed by atoms with E-state index in [1.54, 1.807) is 6.92 Å². The molecule has 0 spiro atoms. The van der Waals surface area contributed by atoms with Crippen molar-refractivity contribution in [2.45, 2.75) is 51.7 Å². The van der Waals surface area contributed by atoms with Gasteiger partial charge in [-0.05, 0) is 37.0 Å². The van der Waals surface area contributed by atoms with Crippen LogP contribution < -0.4 is 0 Å². The van der Waals surface area contributed by atoms with Crippen molar-refractivity contribution in [3.63, 3.8) is 0 Å². The zero-order chi connectivity index (χ0) is 14.0. The molecule has 0 radical (unpaired) electrons. The van der Waals surface area contributed by atoms with E-state index in [2.05, 4.69) is 13.8 Å². The summed E-state index contributed by atoms with van der Waals surface area (Å²) in [6, 6.07) is 0. The van der Waals surface area contributed by atoms with Gasteiger partial charge in [0.25, 0.3) is 0 Å². The van der Waals surface area contributed by atoms with Crippen LogP contribution in [-0.2, 0) is 9.53 Å². The van der Waals surface area contributed by atoms with Crippen LogP contribution in [0.25, 0.3) is 0 Å². The van der Waals surface area contributed by atoms with Crippen molar-refractivity contribution >= 4 is 5.97 Å². The molecule has 0 amide bonds. The molecule has 0 aromatic carbocycles. The normalized spacial score (nSPS) is 44.7. The van der Waals surface area contributed by atoms with Crippen molar-refractivity contribution in [1.29, 1.82) is 0 Å². The molecule has 19 heavy (non-hydrogen) atoms. The Kier molecular flexibility index (Phi) is 2.64. The Morgan fingerprint density at radius 3 is 2.63 bits per heavy atom. The van der Waals surface area contributed by atoms with E-state index < -0.39 is 11.7 Å².